The van der Waals surface area contributed by atoms with E-state index in [9.17, 15) is 9.18 Å². The molecule has 0 spiro atoms. The van der Waals surface area contributed by atoms with E-state index in [1.165, 1.54) is 6.07 Å². The van der Waals surface area contributed by atoms with Crippen LogP contribution in [0.1, 0.15) is 18.4 Å². The van der Waals surface area contributed by atoms with Crippen LogP contribution in [0.25, 0.3) is 0 Å². The lowest BCUT2D eigenvalue weighted by Gasteiger charge is -2.37. The molecule has 2 fully saturated rings. The van der Waals surface area contributed by atoms with Crippen LogP contribution in [0.4, 0.5) is 10.1 Å². The van der Waals surface area contributed by atoms with Gasteiger partial charge in [-0.3, -0.25) is 4.79 Å². The fourth-order valence-corrected chi connectivity index (χ4v) is 3.08. The second kappa shape index (κ2) is 6.02. The van der Waals surface area contributed by atoms with Gasteiger partial charge in [0.05, 0.1) is 5.92 Å². The average molecular weight is 291 g/mol. The van der Waals surface area contributed by atoms with Crippen molar-refractivity contribution in [3.63, 3.8) is 0 Å². The summed E-state index contributed by atoms with van der Waals surface area (Å²) in [5, 5.41) is 6.28. The quantitative estimate of drug-likeness (QED) is 0.886. The lowest BCUT2D eigenvalue weighted by Crippen LogP contribution is -2.55. The molecule has 0 aromatic heterocycles. The van der Waals surface area contributed by atoms with Gasteiger partial charge in [0.25, 0.3) is 0 Å². The molecule has 0 radical (unpaired) electrons. The first kappa shape index (κ1) is 14.3. The van der Waals surface area contributed by atoms with Gasteiger partial charge in [-0.2, -0.15) is 0 Å². The number of rotatable bonds is 3. The van der Waals surface area contributed by atoms with Gasteiger partial charge in [0.1, 0.15) is 5.82 Å². The van der Waals surface area contributed by atoms with E-state index < -0.39 is 0 Å². The maximum Gasteiger partial charge on any atom is 0.225 e. The van der Waals surface area contributed by atoms with Gasteiger partial charge in [-0.25, -0.2) is 4.39 Å². The lowest BCUT2D eigenvalue weighted by atomic mass is 9.99. The largest absolute Gasteiger partial charge is 0.369 e. The first-order chi connectivity index (χ1) is 10.1. The van der Waals surface area contributed by atoms with Gasteiger partial charge in [0.15, 0.2) is 0 Å². The average Bonchev–Trinajstić information content (AvgIpc) is 2.36. The van der Waals surface area contributed by atoms with Crippen LogP contribution in [0.15, 0.2) is 18.2 Å². The van der Waals surface area contributed by atoms with E-state index in [2.05, 4.69) is 15.5 Å². The van der Waals surface area contributed by atoms with Gasteiger partial charge < -0.3 is 15.5 Å². The Morgan fingerprint density at radius 2 is 2.24 bits per heavy atom. The molecule has 1 atom stereocenters. The van der Waals surface area contributed by atoms with Gasteiger partial charge in [0.2, 0.25) is 5.91 Å². The Morgan fingerprint density at radius 3 is 2.90 bits per heavy atom. The van der Waals surface area contributed by atoms with E-state index in [4.69, 9.17) is 0 Å². The van der Waals surface area contributed by atoms with Gasteiger partial charge >= 0.3 is 0 Å². The maximum atomic E-state index is 13.2. The molecule has 5 heteroatoms. The van der Waals surface area contributed by atoms with E-state index in [1.54, 1.807) is 6.07 Å². The highest BCUT2D eigenvalue weighted by molar-refractivity contribution is 5.80. The first-order valence-electron chi connectivity index (χ1n) is 7.65. The zero-order chi connectivity index (χ0) is 14.8. The molecule has 0 saturated carbocycles. The van der Waals surface area contributed by atoms with Gasteiger partial charge in [0, 0.05) is 37.9 Å². The molecule has 0 bridgehead atoms. The van der Waals surface area contributed by atoms with Crippen molar-refractivity contribution in [1.82, 2.24) is 10.6 Å². The second-order valence-corrected chi connectivity index (χ2v) is 6.08. The Morgan fingerprint density at radius 1 is 1.43 bits per heavy atom. The number of nitrogens with one attached hydrogen (secondary N) is 2. The minimum atomic E-state index is -0.199. The topological polar surface area (TPSA) is 44.4 Å². The number of anilines is 1. The number of halogens is 1. The molecule has 0 aliphatic carbocycles. The Balaban J connectivity index is 1.63. The van der Waals surface area contributed by atoms with E-state index in [-0.39, 0.29) is 23.7 Å². The van der Waals surface area contributed by atoms with E-state index >= 15 is 0 Å². The molecule has 21 heavy (non-hydrogen) atoms. The van der Waals surface area contributed by atoms with E-state index in [0.717, 1.165) is 50.3 Å². The standard InChI is InChI=1S/C16H22FN3O/c1-11-7-13(17)4-5-15(11)20-6-2-3-14(10-20)19-16(21)12-8-18-9-12/h4-5,7,12,14,18H,2-3,6,8-10H2,1H3,(H,19,21). The van der Waals surface area contributed by atoms with E-state index in [1.807, 2.05) is 13.0 Å². The summed E-state index contributed by atoms with van der Waals surface area (Å²) in [6.45, 7) is 5.28. The van der Waals surface area contributed by atoms with Crippen LogP contribution in [0.5, 0.6) is 0 Å². The zero-order valence-electron chi connectivity index (χ0n) is 12.4. The monoisotopic (exact) mass is 291 g/mol. The number of carbonyl (C=O) groups excluding carboxylic acids is 1. The smallest absolute Gasteiger partial charge is 0.225 e. The summed E-state index contributed by atoms with van der Waals surface area (Å²) >= 11 is 0. The van der Waals surface area contributed by atoms with Crippen LogP contribution in [0.3, 0.4) is 0 Å². The van der Waals surface area contributed by atoms with Crippen LogP contribution in [0.2, 0.25) is 0 Å². The third-order valence-electron chi connectivity index (χ3n) is 4.42. The van der Waals surface area contributed by atoms with Crippen LogP contribution < -0.4 is 15.5 Å². The number of nitrogens with zero attached hydrogens (tertiary/aromatic N) is 1. The minimum absolute atomic E-state index is 0.132. The molecular formula is C16H22FN3O. The fraction of sp³-hybridized carbons (Fsp3) is 0.562. The molecule has 2 saturated heterocycles. The Kier molecular flexibility index (Phi) is 4.10. The van der Waals surface area contributed by atoms with Crippen LogP contribution in [-0.4, -0.2) is 38.1 Å². The number of hydrogen-bond acceptors (Lipinski definition) is 3. The minimum Gasteiger partial charge on any atom is -0.369 e. The van der Waals surface area contributed by atoms with Crippen molar-refractivity contribution in [2.75, 3.05) is 31.1 Å². The molecule has 2 aliphatic rings. The summed E-state index contributed by atoms with van der Waals surface area (Å²) in [6, 6.07) is 5.10. The summed E-state index contributed by atoms with van der Waals surface area (Å²) in [5.74, 6) is 0.0972. The highest BCUT2D eigenvalue weighted by atomic mass is 19.1. The zero-order valence-corrected chi connectivity index (χ0v) is 12.4. The van der Waals surface area contributed by atoms with Crippen molar-refractivity contribution in [3.05, 3.63) is 29.6 Å². The van der Waals surface area contributed by atoms with Crippen molar-refractivity contribution in [2.45, 2.75) is 25.8 Å². The molecule has 3 rings (SSSR count). The molecule has 2 heterocycles. The summed E-state index contributed by atoms with van der Waals surface area (Å²) in [7, 11) is 0. The van der Waals surface area contributed by atoms with Gasteiger partial charge in [-0.15, -0.1) is 0 Å². The Labute approximate surface area is 124 Å². The molecule has 1 aromatic carbocycles. The summed E-state index contributed by atoms with van der Waals surface area (Å²) in [4.78, 5) is 14.3. The summed E-state index contributed by atoms with van der Waals surface area (Å²) in [6.07, 6.45) is 2.06. The molecule has 1 amide bonds. The Bertz CT molecular complexity index is 530. The molecule has 2 aliphatic heterocycles. The second-order valence-electron chi connectivity index (χ2n) is 6.08. The van der Waals surface area contributed by atoms with Crippen molar-refractivity contribution in [3.8, 4) is 0 Å². The highest BCUT2D eigenvalue weighted by Gasteiger charge is 2.28. The number of aryl methyl sites for hydroxylation is 1. The first-order valence-corrected chi connectivity index (χ1v) is 7.65. The van der Waals surface area contributed by atoms with Crippen molar-refractivity contribution in [2.24, 2.45) is 5.92 Å². The molecule has 114 valence electrons. The van der Waals surface area contributed by atoms with E-state index in [0.29, 0.717) is 0 Å². The maximum absolute atomic E-state index is 13.2. The molecule has 1 unspecified atom stereocenters. The molecular weight excluding hydrogens is 269 g/mol. The summed E-state index contributed by atoms with van der Waals surface area (Å²) < 4.78 is 13.2. The number of carbonyl (C=O) groups is 1. The molecule has 2 N–H and O–H groups in total. The highest BCUT2D eigenvalue weighted by Crippen LogP contribution is 2.24. The number of piperidine rings is 1. The summed E-state index contributed by atoms with van der Waals surface area (Å²) in [5.41, 5.74) is 2.02. The van der Waals surface area contributed by atoms with Gasteiger partial charge in [-0.05, 0) is 43.5 Å². The number of hydrogen-bond donors (Lipinski definition) is 2. The lowest BCUT2D eigenvalue weighted by molar-refractivity contribution is -0.127. The van der Waals surface area contributed by atoms with Crippen molar-refractivity contribution in [1.29, 1.82) is 0 Å². The number of benzene rings is 1. The van der Waals surface area contributed by atoms with Crippen molar-refractivity contribution >= 4 is 11.6 Å². The van der Waals surface area contributed by atoms with Crippen molar-refractivity contribution < 1.29 is 9.18 Å². The van der Waals surface area contributed by atoms with Crippen LogP contribution in [-0.2, 0) is 4.79 Å². The molecule has 4 nitrogen and oxygen atoms in total. The number of amides is 1. The Hall–Kier alpha value is -1.62. The third-order valence-corrected chi connectivity index (χ3v) is 4.42. The van der Waals surface area contributed by atoms with Gasteiger partial charge in [-0.1, -0.05) is 0 Å². The molecule has 1 aromatic rings. The normalized spacial score (nSPS) is 22.8. The third kappa shape index (κ3) is 3.18. The van der Waals surface area contributed by atoms with Crippen LogP contribution in [0, 0.1) is 18.7 Å². The predicted octanol–water partition coefficient (Wildman–Crippen LogP) is 1.44. The fourth-order valence-electron chi connectivity index (χ4n) is 3.08. The van der Waals surface area contributed by atoms with Crippen LogP contribution >= 0.6 is 0 Å². The SMILES string of the molecule is Cc1cc(F)ccc1N1CCCC(NC(=O)C2CNC2)C1. The predicted molar refractivity (Wildman–Crippen MR) is 80.9 cm³/mol.